The van der Waals surface area contributed by atoms with E-state index in [0.717, 1.165) is 18.4 Å². The summed E-state index contributed by atoms with van der Waals surface area (Å²) in [4.78, 5) is 15.3. The van der Waals surface area contributed by atoms with Crippen LogP contribution < -0.4 is 9.47 Å². The van der Waals surface area contributed by atoms with Crippen LogP contribution in [0.5, 0.6) is 11.5 Å². The molecule has 0 N–H and O–H groups in total. The number of ether oxygens (including phenoxy) is 2. The zero-order valence-corrected chi connectivity index (χ0v) is 17.5. The first kappa shape index (κ1) is 20.8. The maximum atomic E-state index is 12.9. The van der Waals surface area contributed by atoms with Crippen LogP contribution in [0.2, 0.25) is 0 Å². The van der Waals surface area contributed by atoms with Crippen LogP contribution in [-0.4, -0.2) is 35.9 Å². The van der Waals surface area contributed by atoms with Crippen molar-refractivity contribution >= 4 is 40.3 Å². The highest BCUT2D eigenvalue weighted by Crippen LogP contribution is 2.36. The molecule has 1 atom stereocenters. The van der Waals surface area contributed by atoms with E-state index in [9.17, 15) is 4.79 Å². The molecule has 1 unspecified atom stereocenters. The lowest BCUT2D eigenvalue weighted by Gasteiger charge is -2.21. The van der Waals surface area contributed by atoms with Gasteiger partial charge in [0.1, 0.15) is 15.8 Å². The maximum Gasteiger partial charge on any atom is 0.266 e. The number of nitrogens with zero attached hydrogens (tertiary/aromatic N) is 1. The van der Waals surface area contributed by atoms with Gasteiger partial charge in [-0.15, -0.1) is 0 Å². The zero-order chi connectivity index (χ0) is 19.1. The molecule has 1 aromatic carbocycles. The molecule has 0 radical (unpaired) electrons. The normalized spacial score (nSPS) is 17.1. The summed E-state index contributed by atoms with van der Waals surface area (Å²) >= 11 is 6.83. The Balaban J connectivity index is 2.18. The third-order valence-electron chi connectivity index (χ3n) is 4.58. The van der Waals surface area contributed by atoms with Gasteiger partial charge in [-0.1, -0.05) is 57.1 Å². The van der Waals surface area contributed by atoms with E-state index < -0.39 is 0 Å². The van der Waals surface area contributed by atoms with Crippen LogP contribution in [0, 0.1) is 5.92 Å². The molecule has 1 aliphatic rings. The van der Waals surface area contributed by atoms with Gasteiger partial charge < -0.3 is 9.47 Å². The minimum absolute atomic E-state index is 0.00665. The molecule has 1 aliphatic heterocycles. The largest absolute Gasteiger partial charge is 0.497 e. The fraction of sp³-hybridized carbons (Fsp3) is 0.500. The van der Waals surface area contributed by atoms with Crippen molar-refractivity contribution in [1.29, 1.82) is 0 Å². The van der Waals surface area contributed by atoms with Gasteiger partial charge in [-0.3, -0.25) is 9.69 Å². The Morgan fingerprint density at radius 3 is 2.65 bits per heavy atom. The van der Waals surface area contributed by atoms with Gasteiger partial charge >= 0.3 is 0 Å². The van der Waals surface area contributed by atoms with Gasteiger partial charge in [0.25, 0.3) is 5.91 Å². The first-order valence-corrected chi connectivity index (χ1v) is 10.2. The molecule has 6 heteroatoms. The molecule has 2 rings (SSSR count). The summed E-state index contributed by atoms with van der Waals surface area (Å²) in [6.45, 7) is 5.07. The number of hydrogen-bond donors (Lipinski definition) is 0. The van der Waals surface area contributed by atoms with Crippen molar-refractivity contribution in [3.63, 3.8) is 0 Å². The van der Waals surface area contributed by atoms with Crippen LogP contribution in [0.4, 0.5) is 0 Å². The number of methoxy groups -OCH3 is 2. The van der Waals surface area contributed by atoms with E-state index in [-0.39, 0.29) is 5.91 Å². The predicted molar refractivity (Wildman–Crippen MR) is 113 cm³/mol. The van der Waals surface area contributed by atoms with Crippen molar-refractivity contribution in [1.82, 2.24) is 4.90 Å². The van der Waals surface area contributed by atoms with E-state index in [0.29, 0.717) is 33.2 Å². The summed E-state index contributed by atoms with van der Waals surface area (Å²) in [5.74, 6) is 1.87. The van der Waals surface area contributed by atoms with Crippen molar-refractivity contribution in [3.8, 4) is 11.5 Å². The van der Waals surface area contributed by atoms with E-state index in [1.165, 1.54) is 24.6 Å². The molecule has 1 fully saturated rings. The third-order valence-corrected chi connectivity index (χ3v) is 5.96. The highest BCUT2D eigenvalue weighted by Gasteiger charge is 2.33. The van der Waals surface area contributed by atoms with Crippen LogP contribution in [0.1, 0.15) is 45.1 Å². The van der Waals surface area contributed by atoms with Crippen molar-refractivity contribution in [2.45, 2.75) is 39.5 Å². The number of amides is 1. The number of carbonyl (C=O) groups excluding carboxylic acids is 1. The van der Waals surface area contributed by atoms with Gasteiger partial charge in [0.05, 0.1) is 19.1 Å². The molecule has 0 saturated carbocycles. The molecular formula is C20H27NO3S2. The predicted octanol–water partition coefficient (Wildman–Crippen LogP) is 5.12. The fourth-order valence-electron chi connectivity index (χ4n) is 2.91. The summed E-state index contributed by atoms with van der Waals surface area (Å²) in [5, 5.41) is 0. The van der Waals surface area contributed by atoms with Gasteiger partial charge in [-0.2, -0.15) is 0 Å². The average molecular weight is 394 g/mol. The van der Waals surface area contributed by atoms with Gasteiger partial charge in [0.2, 0.25) is 0 Å². The Bertz CT molecular complexity index is 688. The van der Waals surface area contributed by atoms with Crippen LogP contribution in [-0.2, 0) is 4.79 Å². The molecule has 142 valence electrons. The Morgan fingerprint density at radius 1 is 1.27 bits per heavy atom. The molecular weight excluding hydrogens is 366 g/mol. The van der Waals surface area contributed by atoms with Crippen molar-refractivity contribution < 1.29 is 14.3 Å². The number of thioether (sulfide) groups is 1. The second kappa shape index (κ2) is 9.97. The minimum atomic E-state index is -0.00665. The number of hydrogen-bond acceptors (Lipinski definition) is 5. The molecule has 1 aromatic rings. The second-order valence-electron chi connectivity index (χ2n) is 6.32. The lowest BCUT2D eigenvalue weighted by atomic mass is 9.99. The highest BCUT2D eigenvalue weighted by atomic mass is 32.2. The average Bonchev–Trinajstić information content (AvgIpc) is 2.92. The molecule has 1 heterocycles. The Labute approximate surface area is 165 Å². The van der Waals surface area contributed by atoms with Crippen LogP contribution in [0.25, 0.3) is 6.08 Å². The summed E-state index contributed by atoms with van der Waals surface area (Å²) in [6, 6.07) is 5.55. The van der Waals surface area contributed by atoms with Crippen molar-refractivity contribution in [2.75, 3.05) is 20.8 Å². The van der Waals surface area contributed by atoms with Gasteiger partial charge in [-0.05, 0) is 30.5 Å². The summed E-state index contributed by atoms with van der Waals surface area (Å²) < 4.78 is 11.3. The van der Waals surface area contributed by atoms with E-state index in [1.807, 2.05) is 24.3 Å². The molecule has 26 heavy (non-hydrogen) atoms. The van der Waals surface area contributed by atoms with Crippen LogP contribution in [0.15, 0.2) is 23.1 Å². The molecule has 0 bridgehead atoms. The number of thiocarbonyl (C=S) groups is 1. The summed E-state index contributed by atoms with van der Waals surface area (Å²) in [5.41, 5.74) is 0.840. The van der Waals surface area contributed by atoms with E-state index >= 15 is 0 Å². The fourth-order valence-corrected chi connectivity index (χ4v) is 4.18. The number of carbonyl (C=O) groups is 1. The second-order valence-corrected chi connectivity index (χ2v) is 7.99. The SMILES string of the molecule is CCCCC(CC)CN1C(=O)C(=Cc2ccc(OC)cc2OC)SC1=S. The minimum Gasteiger partial charge on any atom is -0.497 e. The molecule has 4 nitrogen and oxygen atoms in total. The molecule has 1 saturated heterocycles. The van der Waals surface area contributed by atoms with Crippen molar-refractivity contribution in [2.24, 2.45) is 5.92 Å². The topological polar surface area (TPSA) is 38.8 Å². The van der Waals surface area contributed by atoms with E-state index in [4.69, 9.17) is 21.7 Å². The lowest BCUT2D eigenvalue weighted by molar-refractivity contribution is -0.122. The van der Waals surface area contributed by atoms with Crippen LogP contribution in [0.3, 0.4) is 0 Å². The summed E-state index contributed by atoms with van der Waals surface area (Å²) in [6.07, 6.45) is 6.40. The van der Waals surface area contributed by atoms with Crippen molar-refractivity contribution in [3.05, 3.63) is 28.7 Å². The Hall–Kier alpha value is -1.53. The van der Waals surface area contributed by atoms with Crippen LogP contribution >= 0.6 is 24.0 Å². The monoisotopic (exact) mass is 393 g/mol. The van der Waals surface area contributed by atoms with Gasteiger partial charge in [0, 0.05) is 18.2 Å². The number of unbranched alkanes of at least 4 members (excludes halogenated alkanes) is 1. The molecule has 0 aromatic heterocycles. The Morgan fingerprint density at radius 2 is 2.04 bits per heavy atom. The molecule has 0 aliphatic carbocycles. The zero-order valence-electron chi connectivity index (χ0n) is 15.9. The third kappa shape index (κ3) is 5.01. The number of benzene rings is 1. The first-order chi connectivity index (χ1) is 12.5. The highest BCUT2D eigenvalue weighted by molar-refractivity contribution is 8.26. The maximum absolute atomic E-state index is 12.9. The molecule has 0 spiro atoms. The quantitative estimate of drug-likeness (QED) is 0.430. The standard InChI is InChI=1S/C20H27NO3S2/c1-5-7-8-14(6-2)13-21-19(22)18(26-20(21)25)11-15-9-10-16(23-3)12-17(15)24-4/h9-12,14H,5-8,13H2,1-4H3. The first-order valence-electron chi connectivity index (χ1n) is 9.01. The van der Waals surface area contributed by atoms with E-state index in [1.54, 1.807) is 19.1 Å². The van der Waals surface area contributed by atoms with Gasteiger partial charge in [-0.25, -0.2) is 0 Å². The van der Waals surface area contributed by atoms with E-state index in [2.05, 4.69) is 13.8 Å². The molecule has 1 amide bonds. The Kier molecular flexibility index (Phi) is 7.97. The number of rotatable bonds is 9. The summed E-state index contributed by atoms with van der Waals surface area (Å²) in [7, 11) is 3.22. The lowest BCUT2D eigenvalue weighted by Crippen LogP contribution is -2.33. The van der Waals surface area contributed by atoms with Gasteiger partial charge in [0.15, 0.2) is 0 Å². The smallest absolute Gasteiger partial charge is 0.266 e.